The SMILES string of the molecule is CC1(C)CC(C[C@H]2CCC(C)(C)OC2)CN1. The zero-order valence-corrected chi connectivity index (χ0v) is 11.3. The molecule has 0 amide bonds. The highest BCUT2D eigenvalue weighted by atomic mass is 16.5. The summed E-state index contributed by atoms with van der Waals surface area (Å²) in [5, 5.41) is 3.61. The Labute approximate surface area is 100 Å². The van der Waals surface area contributed by atoms with Crippen LogP contribution in [0, 0.1) is 11.8 Å². The zero-order chi connectivity index (χ0) is 11.8. The van der Waals surface area contributed by atoms with Crippen molar-refractivity contribution in [3.8, 4) is 0 Å². The molecule has 1 unspecified atom stereocenters. The van der Waals surface area contributed by atoms with E-state index >= 15 is 0 Å². The summed E-state index contributed by atoms with van der Waals surface area (Å²) >= 11 is 0. The molecule has 2 aliphatic rings. The van der Waals surface area contributed by atoms with Crippen LogP contribution < -0.4 is 5.32 Å². The first kappa shape index (κ1) is 12.4. The Morgan fingerprint density at radius 2 is 1.94 bits per heavy atom. The van der Waals surface area contributed by atoms with E-state index in [4.69, 9.17) is 4.74 Å². The topological polar surface area (TPSA) is 21.3 Å². The molecule has 2 rings (SSSR count). The first-order valence-corrected chi connectivity index (χ1v) is 6.75. The molecule has 2 heteroatoms. The first-order valence-electron chi connectivity index (χ1n) is 6.75. The summed E-state index contributed by atoms with van der Waals surface area (Å²) in [6, 6.07) is 0. The Bertz CT molecular complexity index is 237. The van der Waals surface area contributed by atoms with Crippen LogP contribution in [0.3, 0.4) is 0 Å². The highest BCUT2D eigenvalue weighted by Crippen LogP contribution is 2.34. The van der Waals surface area contributed by atoms with Gasteiger partial charge in [-0.15, -0.1) is 0 Å². The highest BCUT2D eigenvalue weighted by molar-refractivity contribution is 4.90. The van der Waals surface area contributed by atoms with Crippen LogP contribution in [0.4, 0.5) is 0 Å². The minimum atomic E-state index is 0.129. The molecule has 0 radical (unpaired) electrons. The number of nitrogens with one attached hydrogen (secondary N) is 1. The van der Waals surface area contributed by atoms with Gasteiger partial charge >= 0.3 is 0 Å². The van der Waals surface area contributed by atoms with Crippen LogP contribution in [-0.4, -0.2) is 24.3 Å². The van der Waals surface area contributed by atoms with Gasteiger partial charge in [0, 0.05) is 5.54 Å². The Hall–Kier alpha value is -0.0800. The fraction of sp³-hybridized carbons (Fsp3) is 1.00. The molecule has 2 atom stereocenters. The van der Waals surface area contributed by atoms with Crippen molar-refractivity contribution < 1.29 is 4.74 Å². The first-order chi connectivity index (χ1) is 7.36. The molecule has 0 aromatic heterocycles. The summed E-state index contributed by atoms with van der Waals surface area (Å²) in [4.78, 5) is 0. The molecule has 0 aromatic rings. The molecule has 0 aromatic carbocycles. The lowest BCUT2D eigenvalue weighted by atomic mass is 9.84. The number of hydrogen-bond donors (Lipinski definition) is 1. The fourth-order valence-corrected chi connectivity index (χ4v) is 3.16. The van der Waals surface area contributed by atoms with Gasteiger partial charge in [-0.3, -0.25) is 0 Å². The largest absolute Gasteiger partial charge is 0.375 e. The third-order valence-corrected chi connectivity index (χ3v) is 4.20. The second kappa shape index (κ2) is 4.30. The molecular formula is C14H27NO. The third kappa shape index (κ3) is 3.21. The third-order valence-electron chi connectivity index (χ3n) is 4.20. The zero-order valence-electron chi connectivity index (χ0n) is 11.3. The summed E-state index contributed by atoms with van der Waals surface area (Å²) in [5.41, 5.74) is 0.489. The molecule has 94 valence electrons. The Morgan fingerprint density at radius 1 is 1.19 bits per heavy atom. The van der Waals surface area contributed by atoms with Crippen molar-refractivity contribution in [2.75, 3.05) is 13.2 Å². The van der Waals surface area contributed by atoms with Gasteiger partial charge < -0.3 is 10.1 Å². The fourth-order valence-electron chi connectivity index (χ4n) is 3.16. The van der Waals surface area contributed by atoms with Crippen molar-refractivity contribution in [1.29, 1.82) is 0 Å². The molecule has 0 saturated carbocycles. The Balaban J connectivity index is 1.76. The molecule has 1 N–H and O–H groups in total. The molecule has 0 aliphatic carbocycles. The van der Waals surface area contributed by atoms with Crippen molar-refractivity contribution in [3.63, 3.8) is 0 Å². The second-order valence-corrected chi connectivity index (χ2v) is 7.05. The molecular weight excluding hydrogens is 198 g/mol. The van der Waals surface area contributed by atoms with Gasteiger partial charge in [-0.25, -0.2) is 0 Å². The van der Waals surface area contributed by atoms with Crippen molar-refractivity contribution in [3.05, 3.63) is 0 Å². The lowest BCUT2D eigenvalue weighted by Crippen LogP contribution is -2.34. The predicted molar refractivity (Wildman–Crippen MR) is 67.6 cm³/mol. The van der Waals surface area contributed by atoms with Gasteiger partial charge in [0.2, 0.25) is 0 Å². The van der Waals surface area contributed by atoms with Crippen LogP contribution in [-0.2, 0) is 4.74 Å². The Morgan fingerprint density at radius 3 is 2.44 bits per heavy atom. The van der Waals surface area contributed by atoms with E-state index in [0.29, 0.717) is 5.54 Å². The molecule has 2 saturated heterocycles. The molecule has 16 heavy (non-hydrogen) atoms. The van der Waals surface area contributed by atoms with E-state index in [2.05, 4.69) is 33.0 Å². The summed E-state index contributed by atoms with van der Waals surface area (Å²) in [6.07, 6.45) is 5.25. The molecule has 0 spiro atoms. The smallest absolute Gasteiger partial charge is 0.0626 e. The van der Waals surface area contributed by atoms with E-state index in [9.17, 15) is 0 Å². The maximum Gasteiger partial charge on any atom is 0.0626 e. The summed E-state index contributed by atoms with van der Waals surface area (Å²) in [5.74, 6) is 1.67. The van der Waals surface area contributed by atoms with E-state index in [-0.39, 0.29) is 5.60 Å². The van der Waals surface area contributed by atoms with Crippen LogP contribution in [0.1, 0.15) is 53.4 Å². The lowest BCUT2D eigenvalue weighted by Gasteiger charge is -2.35. The van der Waals surface area contributed by atoms with Gasteiger partial charge in [-0.2, -0.15) is 0 Å². The van der Waals surface area contributed by atoms with E-state index in [1.54, 1.807) is 0 Å². The average Bonchev–Trinajstić information content (AvgIpc) is 2.50. The summed E-state index contributed by atoms with van der Waals surface area (Å²) in [7, 11) is 0. The average molecular weight is 225 g/mol. The van der Waals surface area contributed by atoms with E-state index < -0.39 is 0 Å². The van der Waals surface area contributed by atoms with Crippen LogP contribution in [0.15, 0.2) is 0 Å². The van der Waals surface area contributed by atoms with Gasteiger partial charge in [0.1, 0.15) is 0 Å². The van der Waals surface area contributed by atoms with Crippen molar-refractivity contribution >= 4 is 0 Å². The highest BCUT2D eigenvalue weighted by Gasteiger charge is 2.34. The normalized spacial score (nSPS) is 37.5. The van der Waals surface area contributed by atoms with Gasteiger partial charge in [0.15, 0.2) is 0 Å². The standard InChI is InChI=1S/C14H27NO/c1-13(2)8-12(9-15-13)7-11-5-6-14(3,4)16-10-11/h11-12,15H,5-10H2,1-4H3/t11-,12?/m1/s1. The van der Waals surface area contributed by atoms with E-state index in [1.807, 2.05) is 0 Å². The van der Waals surface area contributed by atoms with Gasteiger partial charge in [-0.1, -0.05) is 0 Å². The van der Waals surface area contributed by atoms with Crippen LogP contribution >= 0.6 is 0 Å². The number of ether oxygens (including phenoxy) is 1. The van der Waals surface area contributed by atoms with Gasteiger partial charge in [0.05, 0.1) is 12.2 Å². The van der Waals surface area contributed by atoms with Gasteiger partial charge in [0.25, 0.3) is 0 Å². The minimum absolute atomic E-state index is 0.129. The lowest BCUT2D eigenvalue weighted by molar-refractivity contribution is -0.0801. The molecule has 2 heterocycles. The molecule has 2 nitrogen and oxygen atoms in total. The molecule has 2 fully saturated rings. The predicted octanol–water partition coefficient (Wildman–Crippen LogP) is 2.97. The van der Waals surface area contributed by atoms with E-state index in [1.165, 1.54) is 32.2 Å². The van der Waals surface area contributed by atoms with Crippen molar-refractivity contribution in [1.82, 2.24) is 5.32 Å². The Kier molecular flexibility index (Phi) is 3.33. The van der Waals surface area contributed by atoms with E-state index in [0.717, 1.165) is 18.4 Å². The molecule has 0 bridgehead atoms. The minimum Gasteiger partial charge on any atom is -0.375 e. The number of hydrogen-bond acceptors (Lipinski definition) is 2. The number of rotatable bonds is 2. The maximum absolute atomic E-state index is 5.92. The van der Waals surface area contributed by atoms with Crippen LogP contribution in [0.25, 0.3) is 0 Å². The maximum atomic E-state index is 5.92. The van der Waals surface area contributed by atoms with Crippen LogP contribution in [0.2, 0.25) is 0 Å². The monoisotopic (exact) mass is 225 g/mol. The van der Waals surface area contributed by atoms with Crippen molar-refractivity contribution in [2.24, 2.45) is 11.8 Å². The van der Waals surface area contributed by atoms with Crippen molar-refractivity contribution in [2.45, 2.75) is 64.5 Å². The van der Waals surface area contributed by atoms with Gasteiger partial charge in [-0.05, 0) is 71.8 Å². The quantitative estimate of drug-likeness (QED) is 0.780. The molecule has 2 aliphatic heterocycles. The van der Waals surface area contributed by atoms with Crippen LogP contribution in [0.5, 0.6) is 0 Å². The second-order valence-electron chi connectivity index (χ2n) is 7.05. The summed E-state index contributed by atoms with van der Waals surface area (Å²) in [6.45, 7) is 11.2. The summed E-state index contributed by atoms with van der Waals surface area (Å²) < 4.78 is 5.92.